The highest BCUT2D eigenvalue weighted by Crippen LogP contribution is 2.16. The number of ether oxygens (including phenoxy) is 1. The van der Waals surface area contributed by atoms with Crippen molar-refractivity contribution in [1.29, 1.82) is 0 Å². The zero-order chi connectivity index (χ0) is 11.5. The van der Waals surface area contributed by atoms with E-state index in [2.05, 4.69) is 9.97 Å². The number of hydrogen-bond donors (Lipinski definition) is 2. The quantitative estimate of drug-likeness (QED) is 0.834. The van der Waals surface area contributed by atoms with E-state index in [-0.39, 0.29) is 18.0 Å². The van der Waals surface area contributed by atoms with Gasteiger partial charge >= 0.3 is 5.69 Å². The van der Waals surface area contributed by atoms with Crippen LogP contribution in [0, 0.1) is 11.6 Å². The summed E-state index contributed by atoms with van der Waals surface area (Å²) in [5.74, 6) is -1.71. The van der Waals surface area contributed by atoms with E-state index in [9.17, 15) is 13.6 Å². The summed E-state index contributed by atoms with van der Waals surface area (Å²) in [7, 11) is 0. The van der Waals surface area contributed by atoms with E-state index in [1.807, 2.05) is 0 Å². The molecule has 2 aromatic rings. The number of benzene rings is 1. The Bertz CT molecular complexity index is 548. The monoisotopic (exact) mass is 226 g/mol. The first-order valence-electron chi connectivity index (χ1n) is 4.49. The Morgan fingerprint density at radius 3 is 2.69 bits per heavy atom. The van der Waals surface area contributed by atoms with Crippen molar-refractivity contribution in [3.8, 4) is 5.75 Å². The fourth-order valence-electron chi connectivity index (χ4n) is 1.18. The zero-order valence-electron chi connectivity index (χ0n) is 8.09. The van der Waals surface area contributed by atoms with Gasteiger partial charge in [0.05, 0.1) is 5.69 Å². The first-order valence-corrected chi connectivity index (χ1v) is 4.49. The zero-order valence-corrected chi connectivity index (χ0v) is 8.09. The molecule has 0 saturated carbocycles. The third-order valence-corrected chi connectivity index (χ3v) is 1.94. The average molecular weight is 226 g/mol. The Morgan fingerprint density at radius 2 is 2.06 bits per heavy atom. The predicted molar refractivity (Wildman–Crippen MR) is 52.1 cm³/mol. The van der Waals surface area contributed by atoms with Crippen LogP contribution in [-0.4, -0.2) is 9.97 Å². The smallest absolute Gasteiger partial charge is 0.323 e. The Labute approximate surface area is 88.9 Å². The van der Waals surface area contributed by atoms with Crippen molar-refractivity contribution in [3.05, 3.63) is 52.2 Å². The fraction of sp³-hybridized carbons (Fsp3) is 0.100. The topological polar surface area (TPSA) is 57.9 Å². The van der Waals surface area contributed by atoms with Gasteiger partial charge in [-0.15, -0.1) is 0 Å². The van der Waals surface area contributed by atoms with Crippen LogP contribution in [0.1, 0.15) is 5.69 Å². The second kappa shape index (κ2) is 4.18. The van der Waals surface area contributed by atoms with Crippen LogP contribution < -0.4 is 10.4 Å². The Kier molecular flexibility index (Phi) is 2.72. The summed E-state index contributed by atoms with van der Waals surface area (Å²) >= 11 is 0. The highest BCUT2D eigenvalue weighted by atomic mass is 19.2. The molecule has 0 saturated heterocycles. The molecule has 0 unspecified atom stereocenters. The maximum atomic E-state index is 12.8. The lowest BCUT2D eigenvalue weighted by Gasteiger charge is -2.04. The third kappa shape index (κ3) is 2.28. The van der Waals surface area contributed by atoms with Crippen LogP contribution in [0.25, 0.3) is 0 Å². The average Bonchev–Trinajstić information content (AvgIpc) is 2.66. The van der Waals surface area contributed by atoms with Crippen molar-refractivity contribution < 1.29 is 13.5 Å². The van der Waals surface area contributed by atoms with Crippen LogP contribution in [0.3, 0.4) is 0 Å². The molecule has 0 radical (unpaired) electrons. The minimum atomic E-state index is -0.972. The van der Waals surface area contributed by atoms with E-state index in [4.69, 9.17) is 4.74 Å². The highest BCUT2D eigenvalue weighted by Gasteiger charge is 2.03. The second-order valence-corrected chi connectivity index (χ2v) is 3.13. The molecule has 0 spiro atoms. The Balaban J connectivity index is 2.04. The van der Waals surface area contributed by atoms with Gasteiger partial charge in [-0.2, -0.15) is 0 Å². The molecule has 0 aliphatic carbocycles. The van der Waals surface area contributed by atoms with Crippen molar-refractivity contribution in [3.63, 3.8) is 0 Å². The number of nitrogens with one attached hydrogen (secondary N) is 2. The second-order valence-electron chi connectivity index (χ2n) is 3.13. The molecule has 0 atom stereocenters. The molecule has 0 aliphatic heterocycles. The largest absolute Gasteiger partial charge is 0.487 e. The van der Waals surface area contributed by atoms with Crippen LogP contribution >= 0.6 is 0 Å². The molecular weight excluding hydrogens is 218 g/mol. The van der Waals surface area contributed by atoms with Crippen LogP contribution in [0.2, 0.25) is 0 Å². The first kappa shape index (κ1) is 10.4. The molecule has 6 heteroatoms. The van der Waals surface area contributed by atoms with Crippen LogP contribution in [0.4, 0.5) is 8.78 Å². The minimum absolute atomic E-state index is 0.0732. The van der Waals surface area contributed by atoms with Crippen LogP contribution in [-0.2, 0) is 6.61 Å². The number of imidazole rings is 1. The van der Waals surface area contributed by atoms with Gasteiger partial charge in [-0.3, -0.25) is 0 Å². The summed E-state index contributed by atoms with van der Waals surface area (Å²) in [6, 6.07) is 3.23. The van der Waals surface area contributed by atoms with Gasteiger partial charge in [0.25, 0.3) is 0 Å². The lowest BCUT2D eigenvalue weighted by molar-refractivity contribution is 0.299. The predicted octanol–water partition coefficient (Wildman–Crippen LogP) is 1.56. The molecular formula is C10H8F2N2O2. The number of aromatic amines is 2. The van der Waals surface area contributed by atoms with Crippen molar-refractivity contribution >= 4 is 0 Å². The van der Waals surface area contributed by atoms with Crippen LogP contribution in [0.15, 0.2) is 29.2 Å². The molecule has 1 heterocycles. The summed E-state index contributed by atoms with van der Waals surface area (Å²) < 4.78 is 30.5. The van der Waals surface area contributed by atoms with Crippen molar-refractivity contribution in [2.75, 3.05) is 0 Å². The molecule has 4 nitrogen and oxygen atoms in total. The van der Waals surface area contributed by atoms with Gasteiger partial charge < -0.3 is 14.7 Å². The lowest BCUT2D eigenvalue weighted by Crippen LogP contribution is -2.03. The van der Waals surface area contributed by atoms with E-state index in [1.165, 1.54) is 12.3 Å². The van der Waals surface area contributed by atoms with Crippen molar-refractivity contribution in [1.82, 2.24) is 9.97 Å². The van der Waals surface area contributed by atoms with Gasteiger partial charge in [-0.1, -0.05) is 0 Å². The lowest BCUT2D eigenvalue weighted by atomic mass is 10.3. The summed E-state index contributed by atoms with van der Waals surface area (Å²) in [6.45, 7) is 0.0732. The molecule has 2 N–H and O–H groups in total. The Hall–Kier alpha value is -2.11. The number of H-pyrrole nitrogens is 2. The third-order valence-electron chi connectivity index (χ3n) is 1.94. The van der Waals surface area contributed by atoms with Crippen molar-refractivity contribution in [2.24, 2.45) is 0 Å². The molecule has 16 heavy (non-hydrogen) atoms. The van der Waals surface area contributed by atoms with Crippen molar-refractivity contribution in [2.45, 2.75) is 6.61 Å². The molecule has 0 aliphatic rings. The van der Waals surface area contributed by atoms with Gasteiger partial charge in [-0.05, 0) is 12.1 Å². The Morgan fingerprint density at radius 1 is 1.25 bits per heavy atom. The summed E-state index contributed by atoms with van der Waals surface area (Å²) in [4.78, 5) is 15.6. The number of aromatic nitrogens is 2. The standard InChI is InChI=1S/C10H8F2N2O2/c11-8-2-1-7(3-9(8)12)16-5-6-4-13-10(15)14-6/h1-4H,5H2,(H2,13,14,15). The van der Waals surface area contributed by atoms with E-state index >= 15 is 0 Å². The first-order chi connectivity index (χ1) is 7.65. The van der Waals surface area contributed by atoms with E-state index in [0.29, 0.717) is 5.69 Å². The molecule has 0 fully saturated rings. The maximum Gasteiger partial charge on any atom is 0.323 e. The normalized spacial score (nSPS) is 10.4. The molecule has 0 bridgehead atoms. The maximum absolute atomic E-state index is 12.8. The van der Waals surface area contributed by atoms with E-state index in [1.54, 1.807) is 0 Å². The van der Waals surface area contributed by atoms with E-state index < -0.39 is 11.6 Å². The van der Waals surface area contributed by atoms with Crippen LogP contribution in [0.5, 0.6) is 5.75 Å². The molecule has 1 aromatic carbocycles. The molecule has 2 rings (SSSR count). The molecule has 0 amide bonds. The van der Waals surface area contributed by atoms with Gasteiger partial charge in [0.15, 0.2) is 11.6 Å². The van der Waals surface area contributed by atoms with Gasteiger partial charge in [0.2, 0.25) is 0 Å². The number of rotatable bonds is 3. The summed E-state index contributed by atoms with van der Waals surface area (Å²) in [6.07, 6.45) is 1.45. The number of hydrogen-bond acceptors (Lipinski definition) is 2. The highest BCUT2D eigenvalue weighted by molar-refractivity contribution is 5.23. The molecule has 84 valence electrons. The molecule has 1 aromatic heterocycles. The summed E-state index contributed by atoms with van der Waals surface area (Å²) in [5, 5.41) is 0. The van der Waals surface area contributed by atoms with Gasteiger partial charge in [0, 0.05) is 12.3 Å². The number of halogens is 2. The van der Waals surface area contributed by atoms with Gasteiger partial charge in [-0.25, -0.2) is 13.6 Å². The minimum Gasteiger partial charge on any atom is -0.487 e. The SMILES string of the molecule is O=c1[nH]cc(COc2ccc(F)c(F)c2)[nH]1. The van der Waals surface area contributed by atoms with E-state index in [0.717, 1.165) is 12.1 Å². The fourth-order valence-corrected chi connectivity index (χ4v) is 1.18. The summed E-state index contributed by atoms with van der Waals surface area (Å²) in [5.41, 5.74) is 0.179. The van der Waals surface area contributed by atoms with Gasteiger partial charge in [0.1, 0.15) is 12.4 Å².